The second-order valence-electron chi connectivity index (χ2n) is 4.60. The van der Waals surface area contributed by atoms with Crippen molar-refractivity contribution in [1.82, 2.24) is 4.98 Å². The van der Waals surface area contributed by atoms with Gasteiger partial charge >= 0.3 is 5.65 Å². The molecule has 0 unspecified atom stereocenters. The summed E-state index contributed by atoms with van der Waals surface area (Å²) in [5.41, 5.74) is 3.25. The third-order valence-electron chi connectivity index (χ3n) is 3.25. The van der Waals surface area contributed by atoms with Crippen LogP contribution in [0.4, 0.5) is 0 Å². The molecule has 0 radical (unpaired) electrons. The first-order valence-electron chi connectivity index (χ1n) is 6.49. The topological polar surface area (TPSA) is 37.2 Å². The maximum Gasteiger partial charge on any atom is 0.328 e. The Kier molecular flexibility index (Phi) is 3.17. The molecule has 0 spiro atoms. The highest BCUT2D eigenvalue weighted by atomic mass is 16.3. The molecule has 1 N–H and O–H groups in total. The molecule has 0 amide bonds. The lowest BCUT2D eigenvalue weighted by Gasteiger charge is -2.00. The molecule has 0 aliphatic carbocycles. The number of rotatable bonds is 2. The fraction of sp³-hybridized carbons (Fsp3) is 0.0588. The molecule has 2 heterocycles. The van der Waals surface area contributed by atoms with E-state index in [2.05, 4.69) is 4.98 Å². The van der Waals surface area contributed by atoms with Crippen molar-refractivity contribution in [2.24, 2.45) is 0 Å². The smallest absolute Gasteiger partial charge is 0.328 e. The molecular formula is C17H15N2O+. The summed E-state index contributed by atoms with van der Waals surface area (Å²) in [4.78, 5) is 4.48. The van der Waals surface area contributed by atoms with Crippen molar-refractivity contribution < 1.29 is 9.51 Å². The van der Waals surface area contributed by atoms with Gasteiger partial charge in [-0.3, -0.25) is 0 Å². The van der Waals surface area contributed by atoms with E-state index in [9.17, 15) is 5.11 Å². The molecule has 0 aliphatic rings. The van der Waals surface area contributed by atoms with Gasteiger partial charge in [-0.2, -0.15) is 4.40 Å². The van der Waals surface area contributed by atoms with Gasteiger partial charge < -0.3 is 5.11 Å². The predicted octanol–water partition coefficient (Wildman–Crippen LogP) is 3.00. The van der Waals surface area contributed by atoms with E-state index in [-0.39, 0.29) is 5.75 Å². The van der Waals surface area contributed by atoms with Crippen molar-refractivity contribution in [1.29, 1.82) is 0 Å². The predicted molar refractivity (Wildman–Crippen MR) is 79.2 cm³/mol. The number of aromatic hydroxyl groups is 1. The molecule has 0 saturated heterocycles. The molecule has 98 valence electrons. The van der Waals surface area contributed by atoms with E-state index in [1.54, 1.807) is 0 Å². The average Bonchev–Trinajstić information content (AvgIpc) is 2.50. The summed E-state index contributed by atoms with van der Waals surface area (Å²) in [5, 5.41) is 10.2. The van der Waals surface area contributed by atoms with E-state index in [0.717, 1.165) is 16.9 Å². The number of pyridine rings is 1. The number of fused-ring (bicyclic) bond motifs is 1. The molecule has 1 aromatic carbocycles. The fourth-order valence-electron chi connectivity index (χ4n) is 2.14. The first-order valence-corrected chi connectivity index (χ1v) is 6.49. The average molecular weight is 263 g/mol. The van der Waals surface area contributed by atoms with E-state index in [1.165, 1.54) is 0 Å². The van der Waals surface area contributed by atoms with Gasteiger partial charge in [0.2, 0.25) is 11.4 Å². The molecule has 2 aromatic heterocycles. The van der Waals surface area contributed by atoms with Crippen LogP contribution >= 0.6 is 0 Å². The minimum absolute atomic E-state index is 0.209. The van der Waals surface area contributed by atoms with E-state index >= 15 is 0 Å². The zero-order valence-electron chi connectivity index (χ0n) is 11.2. The van der Waals surface area contributed by atoms with Crippen LogP contribution in [0.25, 0.3) is 17.8 Å². The van der Waals surface area contributed by atoms with E-state index in [4.69, 9.17) is 0 Å². The SMILES string of the molecule is Cc1c(O)c(/C=C/c2ccccc2)nc2cccc[n+]12. The van der Waals surface area contributed by atoms with Crippen LogP contribution in [0.3, 0.4) is 0 Å². The lowest BCUT2D eigenvalue weighted by atomic mass is 10.2. The second kappa shape index (κ2) is 5.13. The highest BCUT2D eigenvalue weighted by Crippen LogP contribution is 2.20. The van der Waals surface area contributed by atoms with Crippen molar-refractivity contribution in [2.45, 2.75) is 6.92 Å². The third-order valence-corrected chi connectivity index (χ3v) is 3.25. The number of hydrogen-bond donors (Lipinski definition) is 1. The summed E-state index contributed by atoms with van der Waals surface area (Å²) in [6.45, 7) is 1.88. The van der Waals surface area contributed by atoms with Crippen LogP contribution in [-0.2, 0) is 0 Å². The first kappa shape index (κ1) is 12.4. The normalized spacial score (nSPS) is 11.2. The highest BCUT2D eigenvalue weighted by molar-refractivity contribution is 5.71. The Hall–Kier alpha value is -2.68. The van der Waals surface area contributed by atoms with E-state index < -0.39 is 0 Å². The summed E-state index contributed by atoms with van der Waals surface area (Å²) in [6.07, 6.45) is 5.67. The molecule has 0 saturated carbocycles. The Bertz CT molecular complexity index is 780. The lowest BCUT2D eigenvalue weighted by molar-refractivity contribution is -0.523. The molecular weight excluding hydrogens is 248 g/mol. The van der Waals surface area contributed by atoms with Crippen LogP contribution in [-0.4, -0.2) is 10.1 Å². The Balaban J connectivity index is 2.08. The molecule has 20 heavy (non-hydrogen) atoms. The molecule has 0 aliphatic heterocycles. The molecule has 0 atom stereocenters. The number of nitrogens with zero attached hydrogens (tertiary/aromatic N) is 2. The van der Waals surface area contributed by atoms with Crippen LogP contribution in [0.15, 0.2) is 54.7 Å². The van der Waals surface area contributed by atoms with Crippen LogP contribution in [0.2, 0.25) is 0 Å². The van der Waals surface area contributed by atoms with Crippen molar-refractivity contribution in [3.8, 4) is 5.75 Å². The molecule has 3 rings (SSSR count). The Morgan fingerprint density at radius 3 is 2.55 bits per heavy atom. The second-order valence-corrected chi connectivity index (χ2v) is 4.60. The van der Waals surface area contributed by atoms with Gasteiger partial charge in [0.05, 0.1) is 6.20 Å². The Morgan fingerprint density at radius 2 is 1.75 bits per heavy atom. The zero-order valence-corrected chi connectivity index (χ0v) is 11.2. The van der Waals surface area contributed by atoms with Crippen LogP contribution in [0.5, 0.6) is 5.75 Å². The molecule has 0 fully saturated rings. The minimum atomic E-state index is 0.209. The summed E-state index contributed by atoms with van der Waals surface area (Å²) < 4.78 is 1.87. The van der Waals surface area contributed by atoms with Crippen LogP contribution in [0, 0.1) is 6.92 Å². The quantitative estimate of drug-likeness (QED) is 0.722. The molecule has 0 bridgehead atoms. The number of aromatic nitrogens is 2. The number of aryl methyl sites for hydroxylation is 1. The van der Waals surface area contributed by atoms with Gasteiger partial charge in [0.15, 0.2) is 5.69 Å². The Labute approximate surface area is 117 Å². The summed E-state index contributed by atoms with van der Waals surface area (Å²) in [7, 11) is 0. The number of benzene rings is 1. The molecule has 3 aromatic rings. The summed E-state index contributed by atoms with van der Waals surface area (Å²) in [5.74, 6) is 0.209. The molecule has 3 nitrogen and oxygen atoms in total. The highest BCUT2D eigenvalue weighted by Gasteiger charge is 2.16. The maximum absolute atomic E-state index is 10.2. The maximum atomic E-state index is 10.2. The first-order chi connectivity index (χ1) is 9.75. The summed E-state index contributed by atoms with van der Waals surface area (Å²) in [6, 6.07) is 15.7. The van der Waals surface area contributed by atoms with Gasteiger partial charge in [-0.15, -0.1) is 0 Å². The van der Waals surface area contributed by atoms with Gasteiger partial charge in [-0.1, -0.05) is 42.5 Å². The largest absolute Gasteiger partial charge is 0.501 e. The lowest BCUT2D eigenvalue weighted by Crippen LogP contribution is -2.26. The van der Waals surface area contributed by atoms with Gasteiger partial charge in [-0.25, -0.2) is 0 Å². The van der Waals surface area contributed by atoms with Gasteiger partial charge in [0, 0.05) is 13.0 Å². The van der Waals surface area contributed by atoms with Gasteiger partial charge in [0.25, 0.3) is 0 Å². The fourth-order valence-corrected chi connectivity index (χ4v) is 2.14. The van der Waals surface area contributed by atoms with Crippen molar-refractivity contribution in [3.05, 3.63) is 71.7 Å². The van der Waals surface area contributed by atoms with E-state index in [0.29, 0.717) is 5.69 Å². The van der Waals surface area contributed by atoms with Crippen LogP contribution in [0.1, 0.15) is 17.0 Å². The van der Waals surface area contributed by atoms with Crippen molar-refractivity contribution in [3.63, 3.8) is 0 Å². The standard InChI is InChI=1S/C17H14N2O/c1-13-17(20)15(11-10-14-7-3-2-4-8-14)18-16-9-5-6-12-19(13)16/h2-12H,1H3/p+1/b11-10+. The minimum Gasteiger partial charge on any atom is -0.501 e. The summed E-state index contributed by atoms with van der Waals surface area (Å²) >= 11 is 0. The van der Waals surface area contributed by atoms with Crippen LogP contribution < -0.4 is 4.40 Å². The monoisotopic (exact) mass is 263 g/mol. The van der Waals surface area contributed by atoms with Crippen molar-refractivity contribution >= 4 is 17.8 Å². The van der Waals surface area contributed by atoms with Gasteiger partial charge in [0.1, 0.15) is 0 Å². The zero-order chi connectivity index (χ0) is 13.9. The third kappa shape index (κ3) is 2.26. The van der Waals surface area contributed by atoms with E-state index in [1.807, 2.05) is 78.2 Å². The van der Waals surface area contributed by atoms with Gasteiger partial charge in [-0.05, 0) is 22.7 Å². The number of hydrogen-bond acceptors (Lipinski definition) is 2. The Morgan fingerprint density at radius 1 is 1.00 bits per heavy atom. The molecule has 3 heteroatoms. The van der Waals surface area contributed by atoms with Crippen molar-refractivity contribution in [2.75, 3.05) is 0 Å².